The van der Waals surface area contributed by atoms with Gasteiger partial charge in [-0.05, 0) is 24.3 Å². The number of rotatable bonds is 3. The first-order valence-electron chi connectivity index (χ1n) is 6.38. The van der Waals surface area contributed by atoms with E-state index in [4.69, 9.17) is 4.84 Å². The zero-order valence-electron chi connectivity index (χ0n) is 11.8. The molecule has 1 N–H and O–H groups in total. The van der Waals surface area contributed by atoms with E-state index < -0.39 is 27.6 Å². The molecule has 0 radical (unpaired) electrons. The number of nitrogens with one attached hydrogen (secondary N) is 1. The summed E-state index contributed by atoms with van der Waals surface area (Å²) >= 11 is 0. The minimum Gasteiger partial charge on any atom is -0.340 e. The van der Waals surface area contributed by atoms with Crippen molar-refractivity contribution in [2.75, 3.05) is 6.26 Å². The van der Waals surface area contributed by atoms with Gasteiger partial charge in [0.15, 0.2) is 9.84 Å². The zero-order valence-corrected chi connectivity index (χ0v) is 12.6. The Morgan fingerprint density at radius 2 is 1.61 bits per heavy atom. The van der Waals surface area contributed by atoms with E-state index in [0.29, 0.717) is 5.06 Å². The summed E-state index contributed by atoms with van der Waals surface area (Å²) in [6.45, 7) is 0. The second kappa shape index (κ2) is 5.06. The van der Waals surface area contributed by atoms with Crippen molar-refractivity contribution in [3.8, 4) is 0 Å². The second-order valence-electron chi connectivity index (χ2n) is 4.84. The maximum Gasteiger partial charge on any atom is 0.380 e. The van der Waals surface area contributed by atoms with Crippen LogP contribution in [0, 0.1) is 0 Å². The van der Waals surface area contributed by atoms with Crippen molar-refractivity contribution in [1.82, 2.24) is 10.0 Å². The number of sulfone groups is 1. The smallest absolute Gasteiger partial charge is 0.340 e. The van der Waals surface area contributed by atoms with E-state index in [9.17, 15) is 22.8 Å². The number of nitrogens with zero attached hydrogens (tertiary/aromatic N) is 1. The van der Waals surface area contributed by atoms with Gasteiger partial charge in [-0.3, -0.25) is 9.59 Å². The predicted molar refractivity (Wildman–Crippen MR) is 76.3 cm³/mol. The first-order chi connectivity index (χ1) is 10.8. The van der Waals surface area contributed by atoms with Crippen LogP contribution in [0.4, 0.5) is 0 Å². The first kappa shape index (κ1) is 15.0. The van der Waals surface area contributed by atoms with Gasteiger partial charge in [0, 0.05) is 6.26 Å². The molecule has 0 bridgehead atoms. The third kappa shape index (κ3) is 2.50. The summed E-state index contributed by atoms with van der Waals surface area (Å²) in [6, 6.07) is 8.43. The molecule has 1 aliphatic heterocycles. The summed E-state index contributed by atoms with van der Waals surface area (Å²) in [7, 11) is -3.52. The van der Waals surface area contributed by atoms with Crippen LogP contribution >= 0.6 is 0 Å². The molecule has 0 spiro atoms. The van der Waals surface area contributed by atoms with Crippen LogP contribution in [-0.4, -0.2) is 42.5 Å². The van der Waals surface area contributed by atoms with E-state index in [0.717, 1.165) is 6.26 Å². The molecule has 1 aliphatic rings. The lowest BCUT2D eigenvalue weighted by Crippen LogP contribution is -2.32. The number of hydroxylamine groups is 2. The minimum atomic E-state index is -3.52. The fourth-order valence-corrected chi connectivity index (χ4v) is 2.70. The average molecular weight is 334 g/mol. The number of aromatic amines is 1. The molecule has 3 rings (SSSR count). The monoisotopic (exact) mass is 334 g/mol. The minimum absolute atomic E-state index is 0.133. The number of hydrogen-bond acceptors (Lipinski definition) is 6. The van der Waals surface area contributed by atoms with Crippen LogP contribution in [0.5, 0.6) is 0 Å². The number of H-pyrrole nitrogens is 1. The van der Waals surface area contributed by atoms with Crippen LogP contribution in [0.2, 0.25) is 0 Å². The van der Waals surface area contributed by atoms with Crippen LogP contribution in [0.3, 0.4) is 0 Å². The highest BCUT2D eigenvalue weighted by atomic mass is 32.2. The number of hydrogen-bond donors (Lipinski definition) is 1. The molecule has 1 aromatic heterocycles. The van der Waals surface area contributed by atoms with Gasteiger partial charge in [-0.15, -0.1) is 0 Å². The fraction of sp³-hybridized carbons (Fsp3) is 0.0714. The first-order valence-corrected chi connectivity index (χ1v) is 8.27. The lowest BCUT2D eigenvalue weighted by atomic mass is 10.1. The zero-order chi connectivity index (χ0) is 16.8. The van der Waals surface area contributed by atoms with E-state index in [1.165, 1.54) is 24.3 Å². The van der Waals surface area contributed by atoms with Crippen molar-refractivity contribution in [2.24, 2.45) is 0 Å². The van der Waals surface area contributed by atoms with Gasteiger partial charge in [-0.25, -0.2) is 13.2 Å². The maximum atomic E-state index is 12.1. The van der Waals surface area contributed by atoms with E-state index >= 15 is 0 Å². The average Bonchev–Trinajstić information content (AvgIpc) is 3.08. The summed E-state index contributed by atoms with van der Waals surface area (Å²) < 4.78 is 22.7. The molecule has 23 heavy (non-hydrogen) atoms. The summed E-state index contributed by atoms with van der Waals surface area (Å²) in [5.74, 6) is -2.56. The number of carbonyl (C=O) groups excluding carboxylic acids is 3. The topological polar surface area (TPSA) is 114 Å². The lowest BCUT2D eigenvalue weighted by molar-refractivity contribution is -0.0588. The predicted octanol–water partition coefficient (Wildman–Crippen LogP) is 0.786. The van der Waals surface area contributed by atoms with Gasteiger partial charge in [0.25, 0.3) is 11.8 Å². The molecule has 1 aromatic carbocycles. The molecule has 0 saturated heterocycles. The molecule has 9 heteroatoms. The van der Waals surface area contributed by atoms with Gasteiger partial charge in [0.05, 0.1) is 11.1 Å². The molecular formula is C14H10N2O6S. The molecule has 8 nitrogen and oxygen atoms in total. The van der Waals surface area contributed by atoms with Gasteiger partial charge in [0.2, 0.25) is 0 Å². The fourth-order valence-electron chi connectivity index (χ4n) is 2.09. The Morgan fingerprint density at radius 3 is 2.09 bits per heavy atom. The SMILES string of the molecule is CS(=O)(=O)c1ccc(C(=O)ON2C(=O)c3ccccc3C2=O)[nH]1. The van der Waals surface area contributed by atoms with Crippen molar-refractivity contribution in [2.45, 2.75) is 5.03 Å². The number of benzene rings is 1. The Bertz CT molecular complexity index is 909. The quantitative estimate of drug-likeness (QED) is 0.830. The number of amides is 2. The Kier molecular flexibility index (Phi) is 3.29. The molecule has 0 fully saturated rings. The molecular weight excluding hydrogens is 324 g/mol. The molecule has 0 atom stereocenters. The van der Waals surface area contributed by atoms with Crippen LogP contribution in [-0.2, 0) is 14.7 Å². The lowest BCUT2D eigenvalue weighted by Gasteiger charge is -2.11. The Labute approximate surface area is 130 Å². The van der Waals surface area contributed by atoms with Gasteiger partial charge in [-0.1, -0.05) is 17.2 Å². The van der Waals surface area contributed by atoms with Crippen LogP contribution in [0.25, 0.3) is 0 Å². The van der Waals surface area contributed by atoms with Gasteiger partial charge < -0.3 is 9.82 Å². The summed E-state index contributed by atoms with van der Waals surface area (Å²) in [6.07, 6.45) is 0.970. The van der Waals surface area contributed by atoms with Crippen molar-refractivity contribution in [3.05, 3.63) is 53.2 Å². The standard InChI is InChI=1S/C14H10N2O6S/c1-23(20,21)11-7-6-10(15-11)14(19)22-16-12(17)8-4-2-3-5-9(8)13(16)18/h2-7,15H,1H3. The van der Waals surface area contributed by atoms with E-state index in [-0.39, 0.29) is 21.8 Å². The van der Waals surface area contributed by atoms with Crippen molar-refractivity contribution < 1.29 is 27.6 Å². The maximum absolute atomic E-state index is 12.1. The molecule has 2 heterocycles. The molecule has 2 amide bonds. The molecule has 2 aromatic rings. The van der Waals surface area contributed by atoms with Gasteiger partial charge >= 0.3 is 5.97 Å². The summed E-state index contributed by atoms with van der Waals surface area (Å²) in [5.41, 5.74) is 0.0733. The molecule has 0 unspecified atom stereocenters. The largest absolute Gasteiger partial charge is 0.380 e. The normalized spacial score (nSPS) is 14.0. The highest BCUT2D eigenvalue weighted by Crippen LogP contribution is 2.23. The number of imide groups is 1. The number of carbonyl (C=O) groups is 3. The van der Waals surface area contributed by atoms with Crippen LogP contribution in [0.15, 0.2) is 41.4 Å². The molecule has 0 aliphatic carbocycles. The van der Waals surface area contributed by atoms with Crippen LogP contribution in [0.1, 0.15) is 31.2 Å². The van der Waals surface area contributed by atoms with Gasteiger partial charge in [0.1, 0.15) is 10.7 Å². The van der Waals surface area contributed by atoms with Gasteiger partial charge in [-0.2, -0.15) is 0 Å². The molecule has 118 valence electrons. The highest BCUT2D eigenvalue weighted by Gasteiger charge is 2.39. The number of aromatic nitrogens is 1. The van der Waals surface area contributed by atoms with E-state index in [1.807, 2.05) is 0 Å². The van der Waals surface area contributed by atoms with E-state index in [2.05, 4.69) is 4.98 Å². The highest BCUT2D eigenvalue weighted by molar-refractivity contribution is 7.90. The Balaban J connectivity index is 1.83. The summed E-state index contributed by atoms with van der Waals surface area (Å²) in [5, 5.41) is 0.181. The van der Waals surface area contributed by atoms with Crippen molar-refractivity contribution in [1.29, 1.82) is 0 Å². The Hall–Kier alpha value is -2.94. The molecule has 0 saturated carbocycles. The summed E-state index contributed by atoms with van der Waals surface area (Å²) in [4.78, 5) is 43.3. The second-order valence-corrected chi connectivity index (χ2v) is 6.82. The third-order valence-corrected chi connectivity index (χ3v) is 4.25. The van der Waals surface area contributed by atoms with Crippen molar-refractivity contribution >= 4 is 27.6 Å². The third-order valence-electron chi connectivity index (χ3n) is 3.21. The van der Waals surface area contributed by atoms with Crippen molar-refractivity contribution in [3.63, 3.8) is 0 Å². The van der Waals surface area contributed by atoms with Crippen LogP contribution < -0.4 is 0 Å². The number of fused-ring (bicyclic) bond motifs is 1. The Morgan fingerprint density at radius 1 is 1.04 bits per heavy atom. The van der Waals surface area contributed by atoms with E-state index in [1.54, 1.807) is 12.1 Å².